The van der Waals surface area contributed by atoms with E-state index in [2.05, 4.69) is 33.1 Å². The van der Waals surface area contributed by atoms with Crippen LogP contribution < -0.4 is 5.32 Å². The van der Waals surface area contributed by atoms with E-state index in [0.717, 1.165) is 24.6 Å². The molecule has 0 aliphatic carbocycles. The van der Waals surface area contributed by atoms with Crippen molar-refractivity contribution in [2.45, 2.75) is 26.3 Å². The van der Waals surface area contributed by atoms with Gasteiger partial charge >= 0.3 is 0 Å². The Hall–Kier alpha value is -1.82. The van der Waals surface area contributed by atoms with Crippen molar-refractivity contribution < 1.29 is 4.74 Å². The maximum Gasteiger partial charge on any atom is 0.203 e. The Labute approximate surface area is 119 Å². The zero-order valence-corrected chi connectivity index (χ0v) is 12.6. The zero-order chi connectivity index (χ0) is 14.5. The minimum atomic E-state index is 0.266. The number of nitrogens with zero attached hydrogens (tertiary/aromatic N) is 4. The lowest BCUT2D eigenvalue weighted by atomic mass is 10.2. The molecule has 0 amide bonds. The fourth-order valence-electron chi connectivity index (χ4n) is 2.22. The van der Waals surface area contributed by atoms with Gasteiger partial charge in [-0.1, -0.05) is 0 Å². The van der Waals surface area contributed by atoms with Crippen LogP contribution in [0.25, 0.3) is 0 Å². The van der Waals surface area contributed by atoms with Crippen LogP contribution in [0.3, 0.4) is 0 Å². The van der Waals surface area contributed by atoms with Gasteiger partial charge in [-0.25, -0.2) is 4.98 Å². The van der Waals surface area contributed by atoms with E-state index in [4.69, 9.17) is 4.74 Å². The number of aryl methyl sites for hydroxylation is 2. The van der Waals surface area contributed by atoms with Crippen LogP contribution in [0, 0.1) is 6.92 Å². The summed E-state index contributed by atoms with van der Waals surface area (Å²) in [6.07, 6.45) is 6.91. The van der Waals surface area contributed by atoms with Crippen molar-refractivity contribution in [2.75, 3.05) is 25.6 Å². The Kier molecular flexibility index (Phi) is 4.79. The molecule has 6 nitrogen and oxygen atoms in total. The summed E-state index contributed by atoms with van der Waals surface area (Å²) in [7, 11) is 3.65. The Morgan fingerprint density at radius 3 is 2.85 bits per heavy atom. The van der Waals surface area contributed by atoms with Crippen LogP contribution >= 0.6 is 0 Å². The lowest BCUT2D eigenvalue weighted by molar-refractivity contribution is 0.163. The quantitative estimate of drug-likeness (QED) is 0.838. The van der Waals surface area contributed by atoms with Crippen LogP contribution in [0.4, 0.5) is 5.95 Å². The largest absolute Gasteiger partial charge is 0.383 e. The van der Waals surface area contributed by atoms with Crippen molar-refractivity contribution in [3.63, 3.8) is 0 Å². The molecule has 1 unspecified atom stereocenters. The van der Waals surface area contributed by atoms with Gasteiger partial charge in [-0.15, -0.1) is 0 Å². The van der Waals surface area contributed by atoms with Crippen LogP contribution in [0.15, 0.2) is 18.6 Å². The van der Waals surface area contributed by atoms with E-state index in [1.54, 1.807) is 7.11 Å². The number of anilines is 1. The van der Waals surface area contributed by atoms with Gasteiger partial charge in [0.05, 0.1) is 24.5 Å². The van der Waals surface area contributed by atoms with Gasteiger partial charge in [0, 0.05) is 33.1 Å². The van der Waals surface area contributed by atoms with Crippen molar-refractivity contribution in [1.82, 2.24) is 19.3 Å². The molecule has 1 N–H and O–H groups in total. The third-order valence-corrected chi connectivity index (χ3v) is 3.19. The molecule has 0 fully saturated rings. The van der Waals surface area contributed by atoms with E-state index in [-0.39, 0.29) is 6.04 Å². The average Bonchev–Trinajstić information content (AvgIpc) is 2.96. The van der Waals surface area contributed by atoms with Gasteiger partial charge in [-0.2, -0.15) is 5.10 Å². The molecule has 0 aliphatic rings. The molecule has 0 aliphatic heterocycles. The van der Waals surface area contributed by atoms with Gasteiger partial charge in [0.15, 0.2) is 0 Å². The highest BCUT2D eigenvalue weighted by molar-refractivity contribution is 5.30. The highest BCUT2D eigenvalue weighted by Gasteiger charge is 2.11. The normalized spacial score (nSPS) is 12.6. The minimum absolute atomic E-state index is 0.266. The Balaban J connectivity index is 1.95. The molecule has 2 rings (SSSR count). The molecule has 0 aromatic carbocycles. The van der Waals surface area contributed by atoms with E-state index < -0.39 is 0 Å². The molecule has 0 bridgehead atoms. The second kappa shape index (κ2) is 6.56. The Bertz CT molecular complexity index is 546. The smallest absolute Gasteiger partial charge is 0.203 e. The molecule has 1 atom stereocenters. The summed E-state index contributed by atoms with van der Waals surface area (Å²) in [5, 5.41) is 7.56. The Morgan fingerprint density at radius 2 is 2.20 bits per heavy atom. The molecule has 2 aromatic heterocycles. The second-order valence-corrected chi connectivity index (χ2v) is 5.12. The number of hydrogen-bond donors (Lipinski definition) is 1. The van der Waals surface area contributed by atoms with Crippen LogP contribution in [-0.4, -0.2) is 39.6 Å². The first-order valence-electron chi connectivity index (χ1n) is 6.86. The van der Waals surface area contributed by atoms with Crippen molar-refractivity contribution in [1.29, 1.82) is 0 Å². The fourth-order valence-corrected chi connectivity index (χ4v) is 2.22. The first-order valence-corrected chi connectivity index (χ1v) is 6.86. The molecular weight excluding hydrogens is 254 g/mol. The first-order chi connectivity index (χ1) is 9.60. The minimum Gasteiger partial charge on any atom is -0.383 e. The predicted octanol–water partition coefficient (Wildman–Crippen LogP) is 1.79. The van der Waals surface area contributed by atoms with Gasteiger partial charge in [0.25, 0.3) is 0 Å². The summed E-state index contributed by atoms with van der Waals surface area (Å²) in [5.74, 6) is 0.899. The van der Waals surface area contributed by atoms with E-state index >= 15 is 0 Å². The van der Waals surface area contributed by atoms with Gasteiger partial charge in [0.2, 0.25) is 5.95 Å². The van der Waals surface area contributed by atoms with Crippen molar-refractivity contribution in [3.05, 3.63) is 29.8 Å². The van der Waals surface area contributed by atoms with Gasteiger partial charge in [-0.3, -0.25) is 4.68 Å². The molecular formula is C14H23N5O. The van der Waals surface area contributed by atoms with E-state index in [1.807, 2.05) is 31.0 Å². The van der Waals surface area contributed by atoms with Crippen LogP contribution in [0.2, 0.25) is 0 Å². The maximum atomic E-state index is 5.21. The number of methoxy groups -OCH3 is 1. The van der Waals surface area contributed by atoms with E-state index in [0.29, 0.717) is 6.61 Å². The number of imidazole rings is 1. The molecule has 0 radical (unpaired) electrons. The monoisotopic (exact) mass is 277 g/mol. The van der Waals surface area contributed by atoms with Crippen molar-refractivity contribution in [3.8, 4) is 0 Å². The first kappa shape index (κ1) is 14.6. The number of nitrogens with one attached hydrogen (secondary N) is 1. The number of aromatic nitrogens is 4. The summed E-state index contributed by atoms with van der Waals surface area (Å²) in [6.45, 7) is 5.63. The van der Waals surface area contributed by atoms with Gasteiger partial charge in [-0.05, 0) is 25.8 Å². The molecule has 110 valence electrons. The number of ether oxygens (including phenoxy) is 1. The molecule has 0 saturated heterocycles. The van der Waals surface area contributed by atoms with Crippen molar-refractivity contribution >= 4 is 5.95 Å². The standard InChI is InChI=1S/C14H23N5O/c1-11-8-19(12(2)10-20-4)14(17-11)15-6-5-13-7-16-18(3)9-13/h7-9,12H,5-6,10H2,1-4H3,(H,15,17). The molecule has 0 saturated carbocycles. The summed E-state index contributed by atoms with van der Waals surface area (Å²) < 4.78 is 9.16. The van der Waals surface area contributed by atoms with E-state index in [1.165, 1.54) is 5.56 Å². The summed E-state index contributed by atoms with van der Waals surface area (Å²) in [5.41, 5.74) is 2.23. The van der Waals surface area contributed by atoms with Crippen LogP contribution in [0.1, 0.15) is 24.2 Å². The van der Waals surface area contributed by atoms with Crippen LogP contribution in [-0.2, 0) is 18.2 Å². The third kappa shape index (κ3) is 3.60. The summed E-state index contributed by atoms with van der Waals surface area (Å²) in [4.78, 5) is 4.53. The average molecular weight is 277 g/mol. The highest BCUT2D eigenvalue weighted by Crippen LogP contribution is 2.16. The third-order valence-electron chi connectivity index (χ3n) is 3.19. The molecule has 2 aromatic rings. The Morgan fingerprint density at radius 1 is 1.40 bits per heavy atom. The molecule has 2 heterocycles. The fraction of sp³-hybridized carbons (Fsp3) is 0.571. The molecule has 20 heavy (non-hydrogen) atoms. The van der Waals surface area contributed by atoms with Crippen LogP contribution in [0.5, 0.6) is 0 Å². The topological polar surface area (TPSA) is 56.9 Å². The molecule has 0 spiro atoms. The number of rotatable bonds is 7. The van der Waals surface area contributed by atoms with Crippen molar-refractivity contribution in [2.24, 2.45) is 7.05 Å². The SMILES string of the molecule is COCC(C)n1cc(C)nc1NCCc1cnn(C)c1. The predicted molar refractivity (Wildman–Crippen MR) is 79.0 cm³/mol. The lowest BCUT2D eigenvalue weighted by Crippen LogP contribution is -2.15. The number of hydrogen-bond acceptors (Lipinski definition) is 4. The van der Waals surface area contributed by atoms with Gasteiger partial charge in [0.1, 0.15) is 0 Å². The lowest BCUT2D eigenvalue weighted by Gasteiger charge is -2.15. The summed E-state index contributed by atoms with van der Waals surface area (Å²) in [6, 6.07) is 0.266. The second-order valence-electron chi connectivity index (χ2n) is 5.12. The van der Waals surface area contributed by atoms with E-state index in [9.17, 15) is 0 Å². The maximum absolute atomic E-state index is 5.21. The highest BCUT2D eigenvalue weighted by atomic mass is 16.5. The molecule has 6 heteroatoms. The van der Waals surface area contributed by atoms with Gasteiger partial charge < -0.3 is 14.6 Å². The zero-order valence-electron chi connectivity index (χ0n) is 12.6. The summed E-state index contributed by atoms with van der Waals surface area (Å²) >= 11 is 0.